The van der Waals surface area contributed by atoms with E-state index in [-0.39, 0.29) is 11.8 Å². The Labute approximate surface area is 200 Å². The van der Waals surface area contributed by atoms with Gasteiger partial charge < -0.3 is 19.1 Å². The van der Waals surface area contributed by atoms with Gasteiger partial charge in [-0.05, 0) is 42.2 Å². The molecule has 0 N–H and O–H groups in total. The Bertz CT molecular complexity index is 1220. The van der Waals surface area contributed by atoms with Crippen LogP contribution in [-0.4, -0.2) is 75.0 Å². The summed E-state index contributed by atoms with van der Waals surface area (Å²) < 4.78 is 6.00. The summed E-state index contributed by atoms with van der Waals surface area (Å²) in [7, 11) is 3.47. The summed E-state index contributed by atoms with van der Waals surface area (Å²) in [6.45, 7) is 7.28. The Morgan fingerprint density at radius 2 is 1.76 bits per heavy atom. The van der Waals surface area contributed by atoms with E-state index in [1.807, 2.05) is 23.1 Å². The van der Waals surface area contributed by atoms with Gasteiger partial charge in [0.1, 0.15) is 0 Å². The van der Waals surface area contributed by atoms with Gasteiger partial charge in [0, 0.05) is 71.4 Å². The largest absolute Gasteiger partial charge is 0.449 e. The predicted molar refractivity (Wildman–Crippen MR) is 135 cm³/mol. The predicted octanol–water partition coefficient (Wildman–Crippen LogP) is 3.41. The number of carbonyl (C=O) groups excluding carboxylic acids is 2. The third kappa shape index (κ3) is 4.28. The molecule has 7 nitrogen and oxygen atoms in total. The van der Waals surface area contributed by atoms with Crippen molar-refractivity contribution < 1.29 is 14.0 Å². The molecule has 0 atom stereocenters. The van der Waals surface area contributed by atoms with E-state index in [4.69, 9.17) is 4.42 Å². The smallest absolute Gasteiger partial charge is 0.289 e. The lowest BCUT2D eigenvalue weighted by Gasteiger charge is -2.36. The Morgan fingerprint density at radius 1 is 0.971 bits per heavy atom. The molecular formula is C27H32N4O3. The van der Waals surface area contributed by atoms with Crippen molar-refractivity contribution in [2.75, 3.05) is 63.2 Å². The van der Waals surface area contributed by atoms with Crippen LogP contribution in [0.2, 0.25) is 0 Å². The van der Waals surface area contributed by atoms with E-state index < -0.39 is 0 Å². The molecule has 3 heterocycles. The Hall–Kier alpha value is -3.32. The summed E-state index contributed by atoms with van der Waals surface area (Å²) >= 11 is 0. The quantitative estimate of drug-likeness (QED) is 0.584. The van der Waals surface area contributed by atoms with Gasteiger partial charge in [-0.25, -0.2) is 0 Å². The van der Waals surface area contributed by atoms with Crippen molar-refractivity contribution >= 4 is 34.2 Å². The molecular weight excluding hydrogens is 428 g/mol. The van der Waals surface area contributed by atoms with Crippen molar-refractivity contribution in [1.82, 2.24) is 9.80 Å². The molecule has 178 valence electrons. The summed E-state index contributed by atoms with van der Waals surface area (Å²) in [6, 6.07) is 14.5. The van der Waals surface area contributed by atoms with Crippen molar-refractivity contribution in [2.24, 2.45) is 0 Å². The lowest BCUT2D eigenvalue weighted by Crippen LogP contribution is -2.47. The molecule has 1 saturated heterocycles. The van der Waals surface area contributed by atoms with Gasteiger partial charge >= 0.3 is 0 Å². The zero-order valence-corrected chi connectivity index (χ0v) is 20.2. The number of nitrogens with zero attached hydrogens (tertiary/aromatic N) is 4. The Morgan fingerprint density at radius 3 is 2.50 bits per heavy atom. The minimum Gasteiger partial charge on any atom is -0.449 e. The number of fused-ring (bicyclic) bond motifs is 2. The second-order valence-electron chi connectivity index (χ2n) is 9.47. The molecule has 34 heavy (non-hydrogen) atoms. The molecule has 1 aromatic heterocycles. The maximum Gasteiger partial charge on any atom is 0.289 e. The van der Waals surface area contributed by atoms with Gasteiger partial charge in [-0.3, -0.25) is 14.5 Å². The summed E-state index contributed by atoms with van der Waals surface area (Å²) in [6.07, 6.45) is 1.96. The van der Waals surface area contributed by atoms with Crippen LogP contribution in [0.4, 0.5) is 11.4 Å². The van der Waals surface area contributed by atoms with Gasteiger partial charge in [0.2, 0.25) is 5.91 Å². The monoisotopic (exact) mass is 460 g/mol. The van der Waals surface area contributed by atoms with E-state index in [1.54, 1.807) is 21.0 Å². The first-order valence-corrected chi connectivity index (χ1v) is 12.0. The van der Waals surface area contributed by atoms with Gasteiger partial charge in [0.25, 0.3) is 5.91 Å². The number of furan rings is 1. The third-order valence-corrected chi connectivity index (χ3v) is 6.99. The van der Waals surface area contributed by atoms with Crippen LogP contribution >= 0.6 is 0 Å². The van der Waals surface area contributed by atoms with Crippen LogP contribution in [0.15, 0.2) is 46.9 Å². The van der Waals surface area contributed by atoms with Gasteiger partial charge in [-0.1, -0.05) is 24.3 Å². The molecule has 2 amide bonds. The second kappa shape index (κ2) is 9.14. The first-order chi connectivity index (χ1) is 16.4. The van der Waals surface area contributed by atoms with Crippen molar-refractivity contribution in [3.8, 4) is 0 Å². The topological polar surface area (TPSA) is 60.2 Å². The van der Waals surface area contributed by atoms with Crippen LogP contribution in [0.25, 0.3) is 11.0 Å². The zero-order chi connectivity index (χ0) is 23.8. The second-order valence-corrected chi connectivity index (χ2v) is 9.47. The molecule has 0 radical (unpaired) electrons. The van der Waals surface area contributed by atoms with E-state index in [2.05, 4.69) is 34.1 Å². The Kier molecular flexibility index (Phi) is 6.04. The van der Waals surface area contributed by atoms with E-state index in [1.165, 1.54) is 16.0 Å². The lowest BCUT2D eigenvalue weighted by molar-refractivity contribution is -0.116. The van der Waals surface area contributed by atoms with Crippen LogP contribution in [-0.2, 0) is 17.6 Å². The molecule has 5 rings (SSSR count). The maximum absolute atomic E-state index is 12.3. The van der Waals surface area contributed by atoms with E-state index in [9.17, 15) is 9.59 Å². The highest BCUT2D eigenvalue weighted by atomic mass is 16.3. The number of hydrogen-bond donors (Lipinski definition) is 0. The summed E-state index contributed by atoms with van der Waals surface area (Å²) in [5.41, 5.74) is 5.55. The number of para-hydroxylation sites is 1. The van der Waals surface area contributed by atoms with Crippen LogP contribution in [0.5, 0.6) is 0 Å². The van der Waals surface area contributed by atoms with Gasteiger partial charge in [0.15, 0.2) is 11.3 Å². The van der Waals surface area contributed by atoms with Crippen LogP contribution in [0.1, 0.15) is 28.6 Å². The normalized spacial score (nSPS) is 16.2. The molecule has 0 saturated carbocycles. The SMILES string of the molecule is CC(=O)N1CCc2cc(CCN3CCN(c4cccc5cc(C(=O)N(C)C)oc45)CC3)ccc21. The number of piperazine rings is 1. The molecule has 2 aliphatic rings. The molecule has 3 aromatic rings. The fourth-order valence-corrected chi connectivity index (χ4v) is 5.06. The molecule has 0 spiro atoms. The molecule has 0 bridgehead atoms. The van der Waals surface area contributed by atoms with Crippen molar-refractivity contribution in [3.05, 3.63) is 59.4 Å². The number of amides is 2. The molecule has 0 aliphatic carbocycles. The molecule has 1 fully saturated rings. The van der Waals surface area contributed by atoms with Gasteiger partial charge in [0.05, 0.1) is 5.69 Å². The standard InChI is InChI=1S/C27H32N4O3/c1-19(32)31-12-10-21-17-20(7-8-23(21)31)9-11-29-13-15-30(16-14-29)24-6-4-5-22-18-25(34-26(22)24)27(33)28(2)3/h4-8,17-18H,9-16H2,1-3H3. The van der Waals surface area contributed by atoms with E-state index in [0.29, 0.717) is 5.76 Å². The lowest BCUT2D eigenvalue weighted by atomic mass is 10.1. The minimum atomic E-state index is -0.118. The van der Waals surface area contributed by atoms with E-state index in [0.717, 1.165) is 74.5 Å². The molecule has 0 unspecified atom stereocenters. The first-order valence-electron chi connectivity index (χ1n) is 12.0. The summed E-state index contributed by atoms with van der Waals surface area (Å²) in [5.74, 6) is 0.384. The first kappa shape index (κ1) is 22.5. The number of rotatable bonds is 5. The van der Waals surface area contributed by atoms with Gasteiger partial charge in [-0.15, -0.1) is 0 Å². The van der Waals surface area contributed by atoms with Crippen LogP contribution in [0, 0.1) is 0 Å². The fraction of sp³-hybridized carbons (Fsp3) is 0.407. The molecule has 7 heteroatoms. The Balaban J connectivity index is 1.20. The average Bonchev–Trinajstić information content (AvgIpc) is 3.46. The third-order valence-electron chi connectivity index (χ3n) is 6.99. The van der Waals surface area contributed by atoms with Crippen molar-refractivity contribution in [3.63, 3.8) is 0 Å². The van der Waals surface area contributed by atoms with E-state index >= 15 is 0 Å². The minimum absolute atomic E-state index is 0.118. The van der Waals surface area contributed by atoms with Crippen LogP contribution < -0.4 is 9.80 Å². The fourth-order valence-electron chi connectivity index (χ4n) is 5.06. The number of hydrogen-bond acceptors (Lipinski definition) is 5. The zero-order valence-electron chi connectivity index (χ0n) is 20.2. The average molecular weight is 461 g/mol. The highest BCUT2D eigenvalue weighted by molar-refractivity contribution is 5.99. The summed E-state index contributed by atoms with van der Waals surface area (Å²) in [4.78, 5) is 32.4. The highest BCUT2D eigenvalue weighted by Crippen LogP contribution is 2.31. The van der Waals surface area contributed by atoms with Crippen LogP contribution in [0.3, 0.4) is 0 Å². The summed E-state index contributed by atoms with van der Waals surface area (Å²) in [5, 5.41) is 0.963. The number of carbonyl (C=O) groups is 2. The van der Waals surface area contributed by atoms with Crippen molar-refractivity contribution in [2.45, 2.75) is 19.8 Å². The van der Waals surface area contributed by atoms with Crippen molar-refractivity contribution in [1.29, 1.82) is 0 Å². The molecule has 2 aliphatic heterocycles. The highest BCUT2D eigenvalue weighted by Gasteiger charge is 2.24. The number of anilines is 2. The number of benzene rings is 2. The molecule has 2 aromatic carbocycles. The van der Waals surface area contributed by atoms with Gasteiger partial charge in [-0.2, -0.15) is 0 Å². The maximum atomic E-state index is 12.3.